The largest absolute Gasteiger partial charge is 0.493 e. The molecular weight excluding hydrogens is 418 g/mol. The summed E-state index contributed by atoms with van der Waals surface area (Å²) in [7, 11) is 1.56. The average molecular weight is 442 g/mol. The minimum Gasteiger partial charge on any atom is -0.493 e. The van der Waals surface area contributed by atoms with Gasteiger partial charge >= 0.3 is 5.97 Å². The first-order chi connectivity index (χ1) is 15.1. The molecule has 0 aliphatic heterocycles. The van der Waals surface area contributed by atoms with Crippen molar-refractivity contribution < 1.29 is 19.0 Å². The first-order valence-corrected chi connectivity index (χ1v) is 10.6. The van der Waals surface area contributed by atoms with E-state index in [9.17, 15) is 4.79 Å². The van der Waals surface area contributed by atoms with Gasteiger partial charge < -0.3 is 14.2 Å². The zero-order valence-corrected chi connectivity index (χ0v) is 18.0. The summed E-state index contributed by atoms with van der Waals surface area (Å²) < 4.78 is 19.0. The van der Waals surface area contributed by atoms with Crippen LogP contribution in [0, 0.1) is 0 Å². The fourth-order valence-electron chi connectivity index (χ4n) is 3.66. The molecule has 1 aliphatic rings. The van der Waals surface area contributed by atoms with Crippen molar-refractivity contribution in [3.05, 3.63) is 71.3 Å². The number of hydrogen-bond acceptors (Lipinski definition) is 6. The lowest BCUT2D eigenvalue weighted by atomic mass is 10.1. The van der Waals surface area contributed by atoms with E-state index in [1.165, 1.54) is 19.2 Å². The zero-order chi connectivity index (χ0) is 21.6. The van der Waals surface area contributed by atoms with Crippen molar-refractivity contribution in [2.45, 2.75) is 44.4 Å². The van der Waals surface area contributed by atoms with Crippen LogP contribution in [-0.2, 0) is 11.3 Å². The van der Waals surface area contributed by atoms with Crippen LogP contribution in [-0.4, -0.2) is 33.9 Å². The Morgan fingerprint density at radius 1 is 1.16 bits per heavy atom. The Bertz CT molecular complexity index is 1000. The van der Waals surface area contributed by atoms with E-state index in [1.807, 2.05) is 12.1 Å². The predicted octanol–water partition coefficient (Wildman–Crippen LogP) is 4.86. The smallest absolute Gasteiger partial charge is 0.338 e. The van der Waals surface area contributed by atoms with Crippen LogP contribution in [0.1, 0.15) is 47.7 Å². The molecule has 1 heterocycles. The molecule has 162 valence electrons. The Hall–Kier alpha value is -3.06. The third-order valence-corrected chi connectivity index (χ3v) is 5.56. The van der Waals surface area contributed by atoms with Crippen molar-refractivity contribution in [3.63, 3.8) is 0 Å². The minimum atomic E-state index is -0.563. The standard InChI is InChI=1S/C23H24ClN3O4/c1-29-21-12-17(8-11-20(21)30-19-4-2-3-5-19)23(28)31-22(13-27-15-25-14-26-27)16-6-9-18(24)10-7-16/h6-12,14-15,19,22H,2-5,13H2,1H3/t22-/m1/s1. The monoisotopic (exact) mass is 441 g/mol. The van der Waals surface area contributed by atoms with Crippen molar-refractivity contribution >= 4 is 17.6 Å². The molecule has 0 spiro atoms. The molecule has 0 radical (unpaired) electrons. The number of aromatic nitrogens is 3. The van der Waals surface area contributed by atoms with Crippen LogP contribution in [0.4, 0.5) is 0 Å². The molecule has 31 heavy (non-hydrogen) atoms. The highest BCUT2D eigenvalue weighted by Crippen LogP contribution is 2.33. The molecule has 3 aromatic rings. The maximum absolute atomic E-state index is 13.0. The summed E-state index contributed by atoms with van der Waals surface area (Å²) in [5.74, 6) is 0.689. The Kier molecular flexibility index (Phi) is 6.72. The number of halogens is 1. The minimum absolute atomic E-state index is 0.198. The van der Waals surface area contributed by atoms with Gasteiger partial charge in [0.2, 0.25) is 0 Å². The molecule has 0 saturated heterocycles. The Balaban J connectivity index is 1.52. The third kappa shape index (κ3) is 5.35. The van der Waals surface area contributed by atoms with Gasteiger partial charge in [-0.25, -0.2) is 14.5 Å². The van der Waals surface area contributed by atoms with Gasteiger partial charge in [-0.2, -0.15) is 5.10 Å². The molecule has 0 unspecified atom stereocenters. The summed E-state index contributed by atoms with van der Waals surface area (Å²) in [6, 6.07) is 12.3. The van der Waals surface area contributed by atoms with Gasteiger partial charge in [0.05, 0.1) is 25.3 Å². The van der Waals surface area contributed by atoms with Crippen LogP contribution < -0.4 is 9.47 Å². The molecule has 7 nitrogen and oxygen atoms in total. The summed E-state index contributed by atoms with van der Waals surface area (Å²) in [6.07, 6.45) is 7.08. The molecular formula is C23H24ClN3O4. The fraction of sp³-hybridized carbons (Fsp3) is 0.348. The maximum Gasteiger partial charge on any atom is 0.338 e. The van der Waals surface area contributed by atoms with Gasteiger partial charge in [-0.15, -0.1) is 0 Å². The van der Waals surface area contributed by atoms with Gasteiger partial charge in [-0.05, 0) is 61.6 Å². The van der Waals surface area contributed by atoms with Crippen molar-refractivity contribution in [2.75, 3.05) is 7.11 Å². The highest BCUT2D eigenvalue weighted by Gasteiger charge is 2.22. The van der Waals surface area contributed by atoms with Crippen LogP contribution in [0.15, 0.2) is 55.1 Å². The van der Waals surface area contributed by atoms with Crippen LogP contribution in [0.3, 0.4) is 0 Å². The molecule has 1 aromatic heterocycles. The number of rotatable bonds is 8. The lowest BCUT2D eigenvalue weighted by molar-refractivity contribution is 0.0246. The van der Waals surface area contributed by atoms with Crippen LogP contribution >= 0.6 is 11.6 Å². The number of benzene rings is 2. The van der Waals surface area contributed by atoms with Crippen molar-refractivity contribution in [2.24, 2.45) is 0 Å². The van der Waals surface area contributed by atoms with E-state index < -0.39 is 12.1 Å². The summed E-state index contributed by atoms with van der Waals surface area (Å²) in [6.45, 7) is 0.327. The average Bonchev–Trinajstić information content (AvgIpc) is 3.48. The van der Waals surface area contributed by atoms with E-state index in [0.29, 0.717) is 28.6 Å². The van der Waals surface area contributed by atoms with E-state index >= 15 is 0 Å². The van der Waals surface area contributed by atoms with Crippen molar-refractivity contribution in [1.29, 1.82) is 0 Å². The fourth-order valence-corrected chi connectivity index (χ4v) is 3.79. The van der Waals surface area contributed by atoms with Gasteiger partial charge in [-0.3, -0.25) is 0 Å². The number of hydrogen-bond donors (Lipinski definition) is 0. The number of carbonyl (C=O) groups is 1. The second-order valence-corrected chi connectivity index (χ2v) is 7.89. The van der Waals surface area contributed by atoms with Gasteiger partial charge in [0, 0.05) is 5.02 Å². The molecule has 4 rings (SSSR count). The second kappa shape index (κ2) is 9.83. The van der Waals surface area contributed by atoms with E-state index in [2.05, 4.69) is 10.1 Å². The van der Waals surface area contributed by atoms with Crippen LogP contribution in [0.25, 0.3) is 0 Å². The second-order valence-electron chi connectivity index (χ2n) is 7.45. The molecule has 0 amide bonds. The predicted molar refractivity (Wildman–Crippen MR) is 116 cm³/mol. The number of carbonyl (C=O) groups excluding carboxylic acids is 1. The zero-order valence-electron chi connectivity index (χ0n) is 17.2. The number of esters is 1. The molecule has 1 saturated carbocycles. The number of ether oxygens (including phenoxy) is 3. The highest BCUT2D eigenvalue weighted by atomic mass is 35.5. The molecule has 0 bridgehead atoms. The molecule has 1 fully saturated rings. The summed E-state index contributed by atoms with van der Waals surface area (Å²) >= 11 is 6.01. The lowest BCUT2D eigenvalue weighted by Gasteiger charge is -2.19. The van der Waals surface area contributed by atoms with E-state index in [4.69, 9.17) is 25.8 Å². The summed E-state index contributed by atoms with van der Waals surface area (Å²) in [5.41, 5.74) is 1.19. The van der Waals surface area contributed by atoms with Gasteiger partial charge in [0.15, 0.2) is 11.5 Å². The number of methoxy groups -OCH3 is 1. The topological polar surface area (TPSA) is 75.5 Å². The van der Waals surface area contributed by atoms with Crippen LogP contribution in [0.2, 0.25) is 5.02 Å². The summed E-state index contributed by atoms with van der Waals surface area (Å²) in [5, 5.41) is 4.73. The lowest BCUT2D eigenvalue weighted by Crippen LogP contribution is -2.18. The van der Waals surface area contributed by atoms with Gasteiger partial charge in [0.1, 0.15) is 18.8 Å². The molecule has 8 heteroatoms. The SMILES string of the molecule is COc1cc(C(=O)O[C@H](Cn2cncn2)c2ccc(Cl)cc2)ccc1OC1CCCC1. The van der Waals surface area contributed by atoms with Crippen molar-refractivity contribution in [3.8, 4) is 11.5 Å². The third-order valence-electron chi connectivity index (χ3n) is 5.31. The van der Waals surface area contributed by atoms with E-state index in [-0.39, 0.29) is 6.10 Å². The Labute approximate surface area is 185 Å². The first kappa shape index (κ1) is 21.2. The first-order valence-electron chi connectivity index (χ1n) is 10.3. The molecule has 1 atom stereocenters. The molecule has 2 aromatic carbocycles. The quantitative estimate of drug-likeness (QED) is 0.465. The van der Waals surface area contributed by atoms with Crippen LogP contribution in [0.5, 0.6) is 11.5 Å². The van der Waals surface area contributed by atoms with Gasteiger partial charge in [-0.1, -0.05) is 23.7 Å². The van der Waals surface area contributed by atoms with E-state index in [0.717, 1.165) is 18.4 Å². The highest BCUT2D eigenvalue weighted by molar-refractivity contribution is 6.30. The van der Waals surface area contributed by atoms with Crippen molar-refractivity contribution in [1.82, 2.24) is 14.8 Å². The number of nitrogens with zero attached hydrogens (tertiary/aromatic N) is 3. The Morgan fingerprint density at radius 3 is 2.61 bits per heavy atom. The molecule has 0 N–H and O–H groups in total. The van der Waals surface area contributed by atoms with E-state index in [1.54, 1.807) is 48.5 Å². The van der Waals surface area contributed by atoms with Gasteiger partial charge in [0.25, 0.3) is 0 Å². The normalized spacial score (nSPS) is 14.9. The Morgan fingerprint density at radius 2 is 1.94 bits per heavy atom. The summed E-state index contributed by atoms with van der Waals surface area (Å²) in [4.78, 5) is 16.9. The molecule has 1 aliphatic carbocycles. The maximum atomic E-state index is 13.0.